The van der Waals surface area contributed by atoms with Crippen LogP contribution in [0.5, 0.6) is 0 Å². The Balaban J connectivity index is 1.76. The van der Waals surface area contributed by atoms with Gasteiger partial charge in [0.15, 0.2) is 0 Å². The molecule has 0 radical (unpaired) electrons. The number of rotatable bonds is 7. The summed E-state index contributed by atoms with van der Waals surface area (Å²) in [4.78, 5) is 17.6. The largest absolute Gasteiger partial charge is 0.301 e. The van der Waals surface area contributed by atoms with Crippen LogP contribution in [0.3, 0.4) is 0 Å². The second-order valence-electron chi connectivity index (χ2n) is 7.16. The van der Waals surface area contributed by atoms with Crippen LogP contribution in [0.1, 0.15) is 18.3 Å². The molecule has 0 saturated heterocycles. The Kier molecular flexibility index (Phi) is 5.72. The summed E-state index contributed by atoms with van der Waals surface area (Å²) < 4.78 is 30.8. The molecule has 0 atom stereocenters. The van der Waals surface area contributed by atoms with Gasteiger partial charge in [-0.25, -0.2) is 9.97 Å². The van der Waals surface area contributed by atoms with Crippen LogP contribution in [0.15, 0.2) is 55.8 Å². The van der Waals surface area contributed by atoms with Gasteiger partial charge in [0.05, 0.1) is 22.6 Å². The van der Waals surface area contributed by atoms with Crippen LogP contribution in [0.4, 0.5) is 5.69 Å². The van der Waals surface area contributed by atoms with Gasteiger partial charge in [0, 0.05) is 37.7 Å². The standard InChI is InChI=1S/C22H23N7O2S/c1-5-18-19(27-32(30,31)28(4)6-2)11-17(13-25-18)16-7-9-24-21(12-16)29-14-26-22-15(3)23-10-8-20(22)29/h5,7-14,27H,1,6H2,2-4H3. The normalized spacial score (nSPS) is 11.8. The van der Waals surface area contributed by atoms with Crippen LogP contribution >= 0.6 is 0 Å². The third kappa shape index (κ3) is 3.97. The Morgan fingerprint density at radius 3 is 2.66 bits per heavy atom. The van der Waals surface area contributed by atoms with Crippen LogP contribution in [-0.4, -0.2) is 50.8 Å². The molecular formula is C22H23N7O2S. The Labute approximate surface area is 186 Å². The number of nitrogens with one attached hydrogen (secondary N) is 1. The van der Waals surface area contributed by atoms with Crippen molar-refractivity contribution < 1.29 is 8.42 Å². The van der Waals surface area contributed by atoms with Gasteiger partial charge in [-0.15, -0.1) is 0 Å². The summed E-state index contributed by atoms with van der Waals surface area (Å²) in [6, 6.07) is 7.37. The Morgan fingerprint density at radius 1 is 1.12 bits per heavy atom. The first-order valence-corrected chi connectivity index (χ1v) is 11.4. The highest BCUT2D eigenvalue weighted by Gasteiger charge is 2.18. The number of fused-ring (bicyclic) bond motifs is 1. The minimum Gasteiger partial charge on any atom is -0.283 e. The van der Waals surface area contributed by atoms with Gasteiger partial charge in [-0.1, -0.05) is 13.5 Å². The van der Waals surface area contributed by atoms with E-state index in [1.54, 1.807) is 37.9 Å². The maximum Gasteiger partial charge on any atom is 0.301 e. The number of anilines is 1. The summed E-state index contributed by atoms with van der Waals surface area (Å²) >= 11 is 0. The van der Waals surface area contributed by atoms with E-state index >= 15 is 0 Å². The Bertz CT molecular complexity index is 1410. The van der Waals surface area contributed by atoms with E-state index in [-0.39, 0.29) is 0 Å². The van der Waals surface area contributed by atoms with Crippen molar-refractivity contribution in [1.82, 2.24) is 28.8 Å². The molecule has 0 saturated carbocycles. The predicted molar refractivity (Wildman–Crippen MR) is 126 cm³/mol. The molecule has 0 bridgehead atoms. The lowest BCUT2D eigenvalue weighted by Crippen LogP contribution is -2.32. The lowest BCUT2D eigenvalue weighted by atomic mass is 10.1. The molecule has 4 aromatic heterocycles. The van der Waals surface area contributed by atoms with E-state index in [9.17, 15) is 8.42 Å². The average molecular weight is 450 g/mol. The van der Waals surface area contributed by atoms with Crippen LogP contribution in [-0.2, 0) is 10.2 Å². The van der Waals surface area contributed by atoms with E-state index < -0.39 is 10.2 Å². The summed E-state index contributed by atoms with van der Waals surface area (Å²) in [7, 11) is -2.19. The predicted octanol–water partition coefficient (Wildman–Crippen LogP) is 3.44. The Morgan fingerprint density at radius 2 is 1.91 bits per heavy atom. The number of aryl methyl sites for hydroxylation is 1. The fourth-order valence-corrected chi connectivity index (χ4v) is 4.19. The summed E-state index contributed by atoms with van der Waals surface area (Å²) in [5.74, 6) is 0.677. The van der Waals surface area contributed by atoms with Crippen molar-refractivity contribution in [1.29, 1.82) is 0 Å². The van der Waals surface area contributed by atoms with E-state index in [0.717, 1.165) is 27.9 Å². The number of imidazole rings is 1. The highest BCUT2D eigenvalue weighted by molar-refractivity contribution is 7.90. The van der Waals surface area contributed by atoms with Crippen LogP contribution in [0.2, 0.25) is 0 Å². The fourth-order valence-electron chi connectivity index (χ4n) is 3.25. The summed E-state index contributed by atoms with van der Waals surface area (Å²) in [6.45, 7) is 7.75. The lowest BCUT2D eigenvalue weighted by Gasteiger charge is -2.18. The zero-order chi connectivity index (χ0) is 22.9. The first-order chi connectivity index (χ1) is 15.3. The van der Waals surface area contributed by atoms with Crippen molar-refractivity contribution in [2.45, 2.75) is 13.8 Å². The van der Waals surface area contributed by atoms with E-state index in [1.165, 1.54) is 17.4 Å². The molecule has 4 rings (SSSR count). The van der Waals surface area contributed by atoms with Crippen molar-refractivity contribution in [3.8, 4) is 16.9 Å². The van der Waals surface area contributed by atoms with Gasteiger partial charge >= 0.3 is 10.2 Å². The van der Waals surface area contributed by atoms with E-state index in [1.807, 2.05) is 29.7 Å². The molecule has 0 aliphatic heterocycles. The number of aromatic nitrogens is 5. The van der Waals surface area contributed by atoms with E-state index in [2.05, 4.69) is 31.2 Å². The van der Waals surface area contributed by atoms with Crippen molar-refractivity contribution in [2.75, 3.05) is 18.3 Å². The molecule has 0 aliphatic rings. The third-order valence-corrected chi connectivity index (χ3v) is 6.74. The second-order valence-corrected chi connectivity index (χ2v) is 8.94. The van der Waals surface area contributed by atoms with Crippen molar-refractivity contribution >= 4 is 33.0 Å². The molecular weight excluding hydrogens is 426 g/mol. The molecule has 4 aromatic rings. The first kappa shape index (κ1) is 21.6. The number of hydrogen-bond acceptors (Lipinski definition) is 6. The van der Waals surface area contributed by atoms with Gasteiger partial charge in [-0.3, -0.25) is 19.3 Å². The van der Waals surface area contributed by atoms with Crippen molar-refractivity contribution in [3.05, 3.63) is 67.2 Å². The second kappa shape index (κ2) is 8.48. The number of hydrogen-bond donors (Lipinski definition) is 1. The summed E-state index contributed by atoms with van der Waals surface area (Å²) in [5, 5.41) is 0. The fraction of sp³-hybridized carbons (Fsp3) is 0.182. The molecule has 0 unspecified atom stereocenters. The molecule has 0 amide bonds. The quantitative estimate of drug-likeness (QED) is 0.463. The minimum atomic E-state index is -3.70. The molecule has 9 nitrogen and oxygen atoms in total. The zero-order valence-corrected chi connectivity index (χ0v) is 18.8. The topological polar surface area (TPSA) is 106 Å². The van der Waals surface area contributed by atoms with Gasteiger partial charge in [0.1, 0.15) is 17.7 Å². The van der Waals surface area contributed by atoms with Gasteiger partial charge in [-0.05, 0) is 42.8 Å². The van der Waals surface area contributed by atoms with Crippen molar-refractivity contribution in [2.24, 2.45) is 0 Å². The molecule has 164 valence electrons. The third-order valence-electron chi connectivity index (χ3n) is 5.18. The smallest absolute Gasteiger partial charge is 0.283 e. The van der Waals surface area contributed by atoms with Gasteiger partial charge in [-0.2, -0.15) is 12.7 Å². The molecule has 0 spiro atoms. The average Bonchev–Trinajstić information content (AvgIpc) is 3.24. The molecule has 1 N–H and O–H groups in total. The molecule has 0 aromatic carbocycles. The first-order valence-electron chi connectivity index (χ1n) is 9.96. The molecule has 0 aliphatic carbocycles. The maximum absolute atomic E-state index is 12.5. The zero-order valence-electron chi connectivity index (χ0n) is 18.0. The highest BCUT2D eigenvalue weighted by Crippen LogP contribution is 2.27. The monoisotopic (exact) mass is 449 g/mol. The lowest BCUT2D eigenvalue weighted by molar-refractivity contribution is 0.491. The molecule has 32 heavy (non-hydrogen) atoms. The maximum atomic E-state index is 12.5. The molecule has 10 heteroatoms. The molecule has 4 heterocycles. The summed E-state index contributed by atoms with van der Waals surface area (Å²) in [5.41, 5.74) is 4.92. The Hall–Kier alpha value is -3.63. The SMILES string of the molecule is C=Cc1ncc(-c2ccnc(-n3cnc4c(C)nccc43)c2)cc1NS(=O)(=O)N(C)CC. The summed E-state index contributed by atoms with van der Waals surface area (Å²) in [6.07, 6.45) is 8.34. The van der Waals surface area contributed by atoms with E-state index in [0.29, 0.717) is 23.7 Å². The highest BCUT2D eigenvalue weighted by atomic mass is 32.2. The van der Waals surface area contributed by atoms with Crippen LogP contribution in [0, 0.1) is 6.92 Å². The number of nitrogens with zero attached hydrogens (tertiary/aromatic N) is 6. The van der Waals surface area contributed by atoms with Gasteiger partial charge in [0.2, 0.25) is 0 Å². The van der Waals surface area contributed by atoms with Crippen LogP contribution < -0.4 is 4.72 Å². The van der Waals surface area contributed by atoms with Crippen molar-refractivity contribution in [3.63, 3.8) is 0 Å². The van der Waals surface area contributed by atoms with E-state index in [4.69, 9.17) is 0 Å². The minimum absolute atomic E-state index is 0.341. The molecule has 0 fully saturated rings. The number of pyridine rings is 3. The van der Waals surface area contributed by atoms with Gasteiger partial charge < -0.3 is 0 Å². The van der Waals surface area contributed by atoms with Gasteiger partial charge in [0.25, 0.3) is 0 Å². The van der Waals surface area contributed by atoms with Crippen LogP contribution in [0.25, 0.3) is 34.1 Å².